The first-order valence-electron chi connectivity index (χ1n) is 11.9. The lowest BCUT2D eigenvalue weighted by atomic mass is 9.88. The minimum absolute atomic E-state index is 0.121. The number of ether oxygens (including phenoxy) is 1. The van der Waals surface area contributed by atoms with Crippen LogP contribution in [0.15, 0.2) is 30.5 Å². The molecular formula is C25H29ClN6O3. The lowest BCUT2D eigenvalue weighted by Gasteiger charge is -2.27. The molecule has 35 heavy (non-hydrogen) atoms. The van der Waals surface area contributed by atoms with Gasteiger partial charge in [-0.05, 0) is 50.2 Å². The summed E-state index contributed by atoms with van der Waals surface area (Å²) in [5, 5.41) is 6.95. The third-order valence-corrected chi connectivity index (χ3v) is 7.52. The molecule has 3 aliphatic rings. The molecular weight excluding hydrogens is 468 g/mol. The van der Waals surface area contributed by atoms with E-state index in [0.29, 0.717) is 41.2 Å². The van der Waals surface area contributed by atoms with Gasteiger partial charge in [0.15, 0.2) is 5.82 Å². The number of carbonyl (C=O) groups excluding carboxylic acids is 2. The SMILES string of the molecule is CCN1C(=O)CCCc2c1ccc(Nc1ncc(Cl)c(NC3C4C=CC(C4)C3C(N)=O)n1)c2OC. The summed E-state index contributed by atoms with van der Waals surface area (Å²) in [5.74, 6) is 1.28. The number of hydrogen-bond acceptors (Lipinski definition) is 7. The Hall–Kier alpha value is -3.33. The number of aromatic nitrogens is 2. The molecule has 2 bridgehead atoms. The Kier molecular flexibility index (Phi) is 6.27. The number of nitrogens with zero attached hydrogens (tertiary/aromatic N) is 3. The van der Waals surface area contributed by atoms with E-state index in [1.54, 1.807) is 12.0 Å². The molecule has 1 aromatic carbocycles. The maximum absolute atomic E-state index is 12.5. The van der Waals surface area contributed by atoms with Crippen LogP contribution in [0.25, 0.3) is 0 Å². The maximum Gasteiger partial charge on any atom is 0.229 e. The summed E-state index contributed by atoms with van der Waals surface area (Å²) in [7, 11) is 1.62. The predicted molar refractivity (Wildman–Crippen MR) is 135 cm³/mol. The summed E-state index contributed by atoms with van der Waals surface area (Å²) in [4.78, 5) is 35.3. The third-order valence-electron chi connectivity index (χ3n) is 7.25. The molecule has 10 heteroatoms. The number of halogens is 1. The van der Waals surface area contributed by atoms with Crippen molar-refractivity contribution in [2.75, 3.05) is 29.2 Å². The number of hydrogen-bond donors (Lipinski definition) is 3. The van der Waals surface area contributed by atoms with Gasteiger partial charge in [0.05, 0.1) is 30.6 Å². The third kappa shape index (κ3) is 4.18. The monoisotopic (exact) mass is 496 g/mol. The number of carbonyl (C=O) groups is 2. The van der Waals surface area contributed by atoms with E-state index in [2.05, 4.69) is 32.8 Å². The first-order chi connectivity index (χ1) is 16.9. The molecule has 4 unspecified atom stereocenters. The highest BCUT2D eigenvalue weighted by atomic mass is 35.5. The van der Waals surface area contributed by atoms with Crippen molar-refractivity contribution in [3.63, 3.8) is 0 Å². The normalized spacial score (nSPS) is 24.8. The smallest absolute Gasteiger partial charge is 0.229 e. The van der Waals surface area contributed by atoms with Gasteiger partial charge in [0.2, 0.25) is 17.8 Å². The Morgan fingerprint density at radius 3 is 2.83 bits per heavy atom. The van der Waals surface area contributed by atoms with Gasteiger partial charge in [-0.1, -0.05) is 23.8 Å². The zero-order valence-electron chi connectivity index (χ0n) is 19.8. The van der Waals surface area contributed by atoms with Crippen molar-refractivity contribution in [2.45, 2.75) is 38.6 Å². The van der Waals surface area contributed by atoms with E-state index in [4.69, 9.17) is 22.1 Å². The second-order valence-corrected chi connectivity index (χ2v) is 9.60. The van der Waals surface area contributed by atoms with Gasteiger partial charge in [0, 0.05) is 24.6 Å². The topological polar surface area (TPSA) is 122 Å². The number of amides is 2. The minimum Gasteiger partial charge on any atom is -0.494 e. The first kappa shape index (κ1) is 23.4. The highest BCUT2D eigenvalue weighted by molar-refractivity contribution is 6.32. The van der Waals surface area contributed by atoms with Crippen LogP contribution in [0.2, 0.25) is 5.02 Å². The highest BCUT2D eigenvalue weighted by Gasteiger charge is 2.47. The molecule has 0 saturated heterocycles. The molecule has 2 aromatic rings. The molecule has 1 aliphatic heterocycles. The molecule has 1 aromatic heterocycles. The number of primary amides is 1. The van der Waals surface area contributed by atoms with Gasteiger partial charge < -0.3 is 26.0 Å². The van der Waals surface area contributed by atoms with Gasteiger partial charge in [-0.25, -0.2) is 4.98 Å². The number of fused-ring (bicyclic) bond motifs is 3. The number of anilines is 4. The number of rotatable bonds is 7. The summed E-state index contributed by atoms with van der Waals surface area (Å²) in [6, 6.07) is 3.64. The van der Waals surface area contributed by atoms with E-state index in [0.717, 1.165) is 30.5 Å². The zero-order valence-corrected chi connectivity index (χ0v) is 20.5. The van der Waals surface area contributed by atoms with Gasteiger partial charge in [-0.15, -0.1) is 0 Å². The Balaban J connectivity index is 1.43. The van der Waals surface area contributed by atoms with Crippen molar-refractivity contribution in [2.24, 2.45) is 23.5 Å². The van der Waals surface area contributed by atoms with Crippen molar-refractivity contribution in [1.82, 2.24) is 9.97 Å². The van der Waals surface area contributed by atoms with Crippen LogP contribution in [0.5, 0.6) is 5.75 Å². The molecule has 9 nitrogen and oxygen atoms in total. The average molecular weight is 497 g/mol. The Bertz CT molecular complexity index is 1200. The molecule has 2 aliphatic carbocycles. The van der Waals surface area contributed by atoms with E-state index >= 15 is 0 Å². The molecule has 4 atom stereocenters. The van der Waals surface area contributed by atoms with E-state index in [1.807, 2.05) is 19.1 Å². The van der Waals surface area contributed by atoms with Gasteiger partial charge in [0.25, 0.3) is 0 Å². The molecule has 5 rings (SSSR count). The van der Waals surface area contributed by atoms with Gasteiger partial charge in [0.1, 0.15) is 10.8 Å². The van der Waals surface area contributed by atoms with E-state index in [-0.39, 0.29) is 35.6 Å². The largest absolute Gasteiger partial charge is 0.494 e. The van der Waals surface area contributed by atoms with Crippen molar-refractivity contribution >= 4 is 46.6 Å². The van der Waals surface area contributed by atoms with Crippen LogP contribution >= 0.6 is 11.6 Å². The lowest BCUT2D eigenvalue weighted by Crippen LogP contribution is -2.41. The van der Waals surface area contributed by atoms with Crippen LogP contribution in [-0.4, -0.2) is 41.5 Å². The Morgan fingerprint density at radius 1 is 1.29 bits per heavy atom. The lowest BCUT2D eigenvalue weighted by molar-refractivity contribution is -0.122. The summed E-state index contributed by atoms with van der Waals surface area (Å²) < 4.78 is 5.78. The first-order valence-corrected chi connectivity index (χ1v) is 12.3. The highest BCUT2D eigenvalue weighted by Crippen LogP contribution is 2.45. The quantitative estimate of drug-likeness (QED) is 0.500. The van der Waals surface area contributed by atoms with Crippen LogP contribution in [-0.2, 0) is 16.0 Å². The van der Waals surface area contributed by atoms with E-state index in [9.17, 15) is 9.59 Å². The number of benzene rings is 1. The van der Waals surface area contributed by atoms with Gasteiger partial charge in [-0.2, -0.15) is 4.98 Å². The molecule has 2 heterocycles. The standard InChI is InChI=1S/C25H29ClN6O3/c1-3-32-18-10-9-17(22(35-2)15(18)5-4-6-19(32)33)29-25-28-12-16(26)24(31-25)30-21-14-8-7-13(11-14)20(21)23(27)34/h7-10,12-14,20-21H,3-6,11H2,1-2H3,(H2,27,34)(H2,28,29,30,31). The van der Waals surface area contributed by atoms with Crippen molar-refractivity contribution in [1.29, 1.82) is 0 Å². The average Bonchev–Trinajstić information content (AvgIpc) is 3.40. The fraction of sp³-hybridized carbons (Fsp3) is 0.440. The predicted octanol–water partition coefficient (Wildman–Crippen LogP) is 3.66. The molecule has 1 saturated carbocycles. The van der Waals surface area contributed by atoms with Gasteiger partial charge >= 0.3 is 0 Å². The van der Waals surface area contributed by atoms with E-state index < -0.39 is 0 Å². The van der Waals surface area contributed by atoms with Crippen LogP contribution in [0, 0.1) is 17.8 Å². The summed E-state index contributed by atoms with van der Waals surface area (Å²) >= 11 is 6.41. The molecule has 184 valence electrons. The van der Waals surface area contributed by atoms with Crippen LogP contribution in [0.3, 0.4) is 0 Å². The van der Waals surface area contributed by atoms with Crippen molar-refractivity contribution in [3.05, 3.63) is 41.1 Å². The van der Waals surface area contributed by atoms with Crippen molar-refractivity contribution < 1.29 is 14.3 Å². The number of allylic oxidation sites excluding steroid dienone is 1. The molecule has 0 radical (unpaired) electrons. The minimum atomic E-state index is -0.322. The second-order valence-electron chi connectivity index (χ2n) is 9.20. The Labute approximate surface area is 209 Å². The Morgan fingerprint density at radius 2 is 2.09 bits per heavy atom. The number of methoxy groups -OCH3 is 1. The summed E-state index contributed by atoms with van der Waals surface area (Å²) in [6.07, 6.45) is 8.61. The number of nitrogens with one attached hydrogen (secondary N) is 2. The van der Waals surface area contributed by atoms with Crippen LogP contribution in [0.4, 0.5) is 23.1 Å². The van der Waals surface area contributed by atoms with Gasteiger partial charge in [-0.3, -0.25) is 9.59 Å². The molecule has 1 fully saturated rings. The van der Waals surface area contributed by atoms with Crippen LogP contribution < -0.4 is 26.0 Å². The van der Waals surface area contributed by atoms with Crippen molar-refractivity contribution in [3.8, 4) is 5.75 Å². The molecule has 2 amide bonds. The van der Waals surface area contributed by atoms with Crippen LogP contribution in [0.1, 0.15) is 31.7 Å². The second kappa shape index (κ2) is 9.37. The molecule has 4 N–H and O–H groups in total. The summed E-state index contributed by atoms with van der Waals surface area (Å²) in [6.45, 7) is 2.57. The molecule has 0 spiro atoms. The van der Waals surface area contributed by atoms with E-state index in [1.165, 1.54) is 6.20 Å². The zero-order chi connectivity index (χ0) is 24.7. The summed E-state index contributed by atoms with van der Waals surface area (Å²) in [5.41, 5.74) is 8.25. The number of nitrogens with two attached hydrogens (primary N) is 1. The fourth-order valence-corrected chi connectivity index (χ4v) is 5.84. The maximum atomic E-state index is 12.5. The fourth-order valence-electron chi connectivity index (χ4n) is 5.69.